The molecule has 1 aromatic carbocycles. The number of Topliss-reactive ketones (excluding diaryl/α,β-unsaturated/α-hetero) is 1. The predicted octanol–water partition coefficient (Wildman–Crippen LogP) is 5.28. The molecule has 0 bridgehead atoms. The number of unbranched alkanes of at least 4 members (excludes halogenated alkanes) is 1. The van der Waals surface area contributed by atoms with E-state index in [2.05, 4.69) is 11.9 Å². The Morgan fingerprint density at radius 2 is 1.72 bits per heavy atom. The first kappa shape index (κ1) is 21.0. The lowest BCUT2D eigenvalue weighted by Gasteiger charge is -2.17. The van der Waals surface area contributed by atoms with E-state index in [1.54, 1.807) is 32.9 Å². The van der Waals surface area contributed by atoms with Crippen LogP contribution in [0.1, 0.15) is 65.4 Å². The third-order valence-corrected chi connectivity index (χ3v) is 3.47. The Balaban J connectivity index is 2.60. The lowest BCUT2D eigenvalue weighted by atomic mass is 10.0. The van der Waals surface area contributed by atoms with Crippen molar-refractivity contribution in [2.75, 3.05) is 0 Å². The maximum absolute atomic E-state index is 12.9. The zero-order valence-corrected chi connectivity index (χ0v) is 15.6. The third kappa shape index (κ3) is 9.75. The Kier molecular flexibility index (Phi) is 8.46. The van der Waals surface area contributed by atoms with Gasteiger partial charge in [0.15, 0.2) is 0 Å². The van der Waals surface area contributed by atoms with Crippen LogP contribution >= 0.6 is 0 Å². The molecule has 0 heterocycles. The molecule has 138 valence electrons. The van der Waals surface area contributed by atoms with Gasteiger partial charge in [-0.2, -0.15) is 4.99 Å². The van der Waals surface area contributed by atoms with E-state index in [1.807, 2.05) is 0 Å². The van der Waals surface area contributed by atoms with Gasteiger partial charge in [-0.05, 0) is 57.7 Å². The van der Waals surface area contributed by atoms with Crippen LogP contribution in [0.25, 0.3) is 0 Å². The summed E-state index contributed by atoms with van der Waals surface area (Å²) in [7, 11) is 0. The zero-order valence-electron chi connectivity index (χ0n) is 15.6. The second kappa shape index (κ2) is 10.1. The number of aliphatic imine (C=N–C) groups is 1. The topological polar surface area (TPSA) is 55.7 Å². The molecule has 5 heteroatoms. The maximum Gasteiger partial charge on any atom is 0.434 e. The van der Waals surface area contributed by atoms with Crippen molar-refractivity contribution in [1.29, 1.82) is 0 Å². The van der Waals surface area contributed by atoms with E-state index in [1.165, 1.54) is 12.1 Å². The number of hydrogen-bond donors (Lipinski definition) is 0. The summed E-state index contributed by atoms with van der Waals surface area (Å²) < 4.78 is 18.1. The standard InChI is InChI=1S/C20H28FNO3/c1-5-6-7-17(22-19(24)25-20(2,3)4)12-13-18(23)14-15-8-10-16(21)11-9-15/h8-11H,5-7,12-14H2,1-4H3. The quantitative estimate of drug-likeness (QED) is 0.600. The summed E-state index contributed by atoms with van der Waals surface area (Å²) >= 11 is 0. The van der Waals surface area contributed by atoms with Crippen molar-refractivity contribution in [2.24, 2.45) is 4.99 Å². The highest BCUT2D eigenvalue weighted by atomic mass is 19.1. The summed E-state index contributed by atoms with van der Waals surface area (Å²) in [6.45, 7) is 7.43. The van der Waals surface area contributed by atoms with Gasteiger partial charge in [0, 0.05) is 18.6 Å². The van der Waals surface area contributed by atoms with E-state index >= 15 is 0 Å². The molecular weight excluding hydrogens is 321 g/mol. The van der Waals surface area contributed by atoms with Gasteiger partial charge in [0.05, 0.1) is 0 Å². The Morgan fingerprint density at radius 1 is 1.08 bits per heavy atom. The molecule has 0 saturated carbocycles. The van der Waals surface area contributed by atoms with E-state index in [0.717, 1.165) is 18.4 Å². The third-order valence-electron chi connectivity index (χ3n) is 3.47. The lowest BCUT2D eigenvalue weighted by Crippen LogP contribution is -2.22. The molecule has 0 N–H and O–H groups in total. The normalized spacial score (nSPS) is 12.1. The van der Waals surface area contributed by atoms with Gasteiger partial charge in [-0.15, -0.1) is 0 Å². The van der Waals surface area contributed by atoms with Crippen LogP contribution in [-0.4, -0.2) is 23.2 Å². The average molecular weight is 349 g/mol. The molecule has 0 aliphatic rings. The van der Waals surface area contributed by atoms with E-state index in [-0.39, 0.29) is 18.0 Å². The van der Waals surface area contributed by atoms with Crippen LogP contribution < -0.4 is 0 Å². The molecule has 0 saturated heterocycles. The minimum absolute atomic E-state index is 0.0417. The molecule has 0 spiro atoms. The SMILES string of the molecule is CCCCC(CCC(=O)Cc1ccc(F)cc1)=NC(=O)OC(C)(C)C. The molecule has 4 nitrogen and oxygen atoms in total. The highest BCUT2D eigenvalue weighted by molar-refractivity contribution is 5.95. The monoisotopic (exact) mass is 349 g/mol. The van der Waals surface area contributed by atoms with Gasteiger partial charge in [0.1, 0.15) is 17.2 Å². The summed E-state index contributed by atoms with van der Waals surface area (Å²) in [6.07, 6.45) is 2.98. The molecule has 1 amide bonds. The van der Waals surface area contributed by atoms with E-state index in [9.17, 15) is 14.0 Å². The number of nitrogens with zero attached hydrogens (tertiary/aromatic N) is 1. The van der Waals surface area contributed by atoms with Crippen LogP contribution in [0.5, 0.6) is 0 Å². The van der Waals surface area contributed by atoms with Gasteiger partial charge in [-0.1, -0.05) is 25.5 Å². The predicted molar refractivity (Wildman–Crippen MR) is 97.5 cm³/mol. The minimum atomic E-state index is -0.607. The van der Waals surface area contributed by atoms with E-state index in [4.69, 9.17) is 4.74 Å². The number of rotatable bonds is 8. The number of amides is 1. The molecule has 0 radical (unpaired) electrons. The van der Waals surface area contributed by atoms with Gasteiger partial charge in [-0.25, -0.2) is 9.18 Å². The summed E-state index contributed by atoms with van der Waals surface area (Å²) in [5.41, 5.74) is 0.892. The van der Waals surface area contributed by atoms with Crippen LogP contribution in [-0.2, 0) is 16.0 Å². The average Bonchev–Trinajstić information content (AvgIpc) is 2.50. The van der Waals surface area contributed by atoms with E-state index in [0.29, 0.717) is 25.0 Å². The smallest absolute Gasteiger partial charge is 0.434 e. The highest BCUT2D eigenvalue weighted by Crippen LogP contribution is 2.12. The molecule has 0 unspecified atom stereocenters. The summed E-state index contributed by atoms with van der Waals surface area (Å²) in [5.74, 6) is -0.275. The van der Waals surface area contributed by atoms with Crippen molar-refractivity contribution < 1.29 is 18.7 Å². The van der Waals surface area contributed by atoms with Gasteiger partial charge in [0.25, 0.3) is 0 Å². The first-order valence-electron chi connectivity index (χ1n) is 8.75. The minimum Gasteiger partial charge on any atom is -0.442 e. The molecule has 0 fully saturated rings. The fraction of sp³-hybridized carbons (Fsp3) is 0.550. The molecule has 25 heavy (non-hydrogen) atoms. The van der Waals surface area contributed by atoms with Crippen LogP contribution in [0.3, 0.4) is 0 Å². The van der Waals surface area contributed by atoms with Crippen molar-refractivity contribution >= 4 is 17.6 Å². The van der Waals surface area contributed by atoms with Crippen LogP contribution in [0.2, 0.25) is 0 Å². The van der Waals surface area contributed by atoms with Gasteiger partial charge >= 0.3 is 6.09 Å². The van der Waals surface area contributed by atoms with Crippen LogP contribution in [0.4, 0.5) is 9.18 Å². The number of ether oxygens (including phenoxy) is 1. The van der Waals surface area contributed by atoms with Crippen LogP contribution in [0, 0.1) is 5.82 Å². The maximum atomic E-state index is 12.9. The van der Waals surface area contributed by atoms with E-state index < -0.39 is 11.7 Å². The summed E-state index contributed by atoms with van der Waals surface area (Å²) in [4.78, 5) is 28.0. The number of hydrogen-bond acceptors (Lipinski definition) is 3. The molecule has 1 rings (SSSR count). The molecule has 0 atom stereocenters. The second-order valence-corrected chi connectivity index (χ2v) is 7.10. The first-order valence-corrected chi connectivity index (χ1v) is 8.75. The van der Waals surface area contributed by atoms with Crippen molar-refractivity contribution in [1.82, 2.24) is 0 Å². The molecular formula is C20H28FNO3. The highest BCUT2D eigenvalue weighted by Gasteiger charge is 2.16. The van der Waals surface area contributed by atoms with Crippen molar-refractivity contribution in [2.45, 2.75) is 71.8 Å². The Labute approximate surface area is 149 Å². The number of carbonyl (C=O) groups excluding carboxylic acids is 2. The number of ketones is 1. The first-order chi connectivity index (χ1) is 11.7. The van der Waals surface area contributed by atoms with Gasteiger partial charge in [0.2, 0.25) is 0 Å². The van der Waals surface area contributed by atoms with Gasteiger partial charge in [-0.3, -0.25) is 4.79 Å². The molecule has 0 aliphatic heterocycles. The molecule has 0 aliphatic carbocycles. The van der Waals surface area contributed by atoms with Crippen molar-refractivity contribution in [3.63, 3.8) is 0 Å². The fourth-order valence-corrected chi connectivity index (χ4v) is 2.23. The Morgan fingerprint density at radius 3 is 2.28 bits per heavy atom. The summed E-state index contributed by atoms with van der Waals surface area (Å²) in [6, 6.07) is 5.92. The Hall–Kier alpha value is -2.04. The summed E-state index contributed by atoms with van der Waals surface area (Å²) in [5, 5.41) is 0. The van der Waals surface area contributed by atoms with Gasteiger partial charge < -0.3 is 4.74 Å². The van der Waals surface area contributed by atoms with Crippen molar-refractivity contribution in [3.8, 4) is 0 Å². The van der Waals surface area contributed by atoms with Crippen LogP contribution in [0.15, 0.2) is 29.3 Å². The largest absolute Gasteiger partial charge is 0.442 e. The number of halogens is 1. The number of benzene rings is 1. The number of carbonyl (C=O) groups is 2. The lowest BCUT2D eigenvalue weighted by molar-refractivity contribution is -0.118. The fourth-order valence-electron chi connectivity index (χ4n) is 2.23. The Bertz CT molecular complexity index is 600. The second-order valence-electron chi connectivity index (χ2n) is 7.10. The zero-order chi connectivity index (χ0) is 18.9. The van der Waals surface area contributed by atoms with Crippen molar-refractivity contribution in [3.05, 3.63) is 35.6 Å². The molecule has 1 aromatic rings. The molecule has 0 aromatic heterocycles.